The third-order valence-electron chi connectivity index (χ3n) is 4.44. The Hall–Kier alpha value is -4.52. The van der Waals surface area contributed by atoms with Crippen molar-refractivity contribution in [1.29, 1.82) is 0 Å². The molecule has 0 aliphatic rings. The van der Waals surface area contributed by atoms with E-state index in [1.54, 1.807) is 18.4 Å². The van der Waals surface area contributed by atoms with E-state index in [1.165, 1.54) is 0 Å². The maximum atomic E-state index is 5.92. The minimum absolute atomic E-state index is 0.361. The lowest BCUT2D eigenvalue weighted by Gasteiger charge is -2.08. The van der Waals surface area contributed by atoms with Gasteiger partial charge in [0.2, 0.25) is 0 Å². The molecule has 188 valence electrons. The van der Waals surface area contributed by atoms with Gasteiger partial charge in [0.1, 0.15) is 12.4 Å². The van der Waals surface area contributed by atoms with Crippen LogP contribution < -0.4 is 15.9 Å². The third kappa shape index (κ3) is 11.1. The van der Waals surface area contributed by atoms with E-state index in [1.807, 2.05) is 87.7 Å². The summed E-state index contributed by atoms with van der Waals surface area (Å²) in [4.78, 5) is 4.55. The van der Waals surface area contributed by atoms with Gasteiger partial charge in [-0.1, -0.05) is 75.2 Å². The zero-order valence-electron chi connectivity index (χ0n) is 21.4. The number of nitrogens with two attached hydrogens (primary N) is 1. The van der Waals surface area contributed by atoms with Gasteiger partial charge in [-0.15, -0.1) is 5.10 Å². The molecule has 0 amide bonds. The van der Waals surface area contributed by atoms with Gasteiger partial charge in [0, 0.05) is 6.54 Å². The van der Waals surface area contributed by atoms with Crippen LogP contribution >= 0.6 is 0 Å². The molecule has 0 aliphatic carbocycles. The lowest BCUT2D eigenvalue weighted by molar-refractivity contribution is 0.301. The monoisotopic (exact) mass is 484 g/mol. The first-order valence-electron chi connectivity index (χ1n) is 11.6. The Bertz CT molecular complexity index is 1140. The van der Waals surface area contributed by atoms with Crippen molar-refractivity contribution < 1.29 is 4.74 Å². The molecule has 3 N–H and O–H groups in total. The Labute approximate surface area is 214 Å². The van der Waals surface area contributed by atoms with Crippen LogP contribution in [0.15, 0.2) is 107 Å². The van der Waals surface area contributed by atoms with Crippen LogP contribution in [0.5, 0.6) is 5.75 Å². The van der Waals surface area contributed by atoms with Crippen LogP contribution in [0.3, 0.4) is 0 Å². The number of allylic oxidation sites excluding steroid dienone is 3. The van der Waals surface area contributed by atoms with Crippen molar-refractivity contribution in [2.75, 3.05) is 6.54 Å². The molecule has 0 saturated carbocycles. The summed E-state index contributed by atoms with van der Waals surface area (Å²) in [7, 11) is 0. The van der Waals surface area contributed by atoms with Gasteiger partial charge < -0.3 is 15.9 Å². The number of aromatic nitrogens is 1. The molecule has 0 spiro atoms. The van der Waals surface area contributed by atoms with Gasteiger partial charge in [-0.2, -0.15) is 0 Å². The Morgan fingerprint density at radius 3 is 2.67 bits per heavy atom. The Balaban J connectivity index is 0.00000316. The van der Waals surface area contributed by atoms with Crippen molar-refractivity contribution in [3.05, 3.63) is 114 Å². The first-order chi connectivity index (χ1) is 17.6. The second kappa shape index (κ2) is 17.9. The summed E-state index contributed by atoms with van der Waals surface area (Å²) in [5, 5.41) is 13.4. The summed E-state index contributed by atoms with van der Waals surface area (Å²) < 4.78 is 5.92. The highest BCUT2D eigenvalue weighted by Gasteiger charge is 2.02. The summed E-state index contributed by atoms with van der Waals surface area (Å²) in [6.07, 6.45) is 14.6. The predicted molar refractivity (Wildman–Crippen MR) is 153 cm³/mol. The van der Waals surface area contributed by atoms with E-state index in [2.05, 4.69) is 45.6 Å². The largest absolute Gasteiger partial charge is 0.487 e. The zero-order valence-corrected chi connectivity index (χ0v) is 21.4. The molecule has 7 heteroatoms. The summed E-state index contributed by atoms with van der Waals surface area (Å²) in [6, 6.07) is 11.7. The van der Waals surface area contributed by atoms with Gasteiger partial charge in [-0.25, -0.2) is 4.98 Å². The Morgan fingerprint density at radius 2 is 1.97 bits per heavy atom. The quantitative estimate of drug-likeness (QED) is 0.106. The lowest BCUT2D eigenvalue weighted by Crippen LogP contribution is -2.08. The molecule has 0 radical (unpaired) electrons. The predicted octanol–water partition coefficient (Wildman–Crippen LogP) is 6.90. The van der Waals surface area contributed by atoms with Crippen molar-refractivity contribution in [2.24, 2.45) is 21.4 Å². The maximum Gasteiger partial charge on any atom is 0.130 e. The number of rotatable bonds is 13. The molecule has 0 fully saturated rings. The van der Waals surface area contributed by atoms with Crippen LogP contribution in [-0.4, -0.2) is 17.7 Å². The Kier molecular flexibility index (Phi) is 14.7. The van der Waals surface area contributed by atoms with Crippen LogP contribution in [0.2, 0.25) is 0 Å². The maximum absolute atomic E-state index is 5.92. The van der Waals surface area contributed by atoms with Crippen molar-refractivity contribution in [3.63, 3.8) is 0 Å². The lowest BCUT2D eigenvalue weighted by atomic mass is 10.1. The summed E-state index contributed by atoms with van der Waals surface area (Å²) in [5.41, 5.74) is 5.27. The van der Waals surface area contributed by atoms with Crippen LogP contribution in [-0.2, 0) is 6.61 Å². The third-order valence-corrected chi connectivity index (χ3v) is 4.44. The van der Waals surface area contributed by atoms with Gasteiger partial charge in [0.25, 0.3) is 0 Å². The fourth-order valence-electron chi connectivity index (χ4n) is 2.88. The number of hydrogen-bond acceptors (Lipinski definition) is 5. The van der Waals surface area contributed by atoms with Gasteiger partial charge in [0.15, 0.2) is 0 Å². The fourth-order valence-corrected chi connectivity index (χ4v) is 2.88. The average Bonchev–Trinajstić information content (AvgIpc) is 2.91. The van der Waals surface area contributed by atoms with Crippen molar-refractivity contribution in [2.45, 2.75) is 27.4 Å². The summed E-state index contributed by atoms with van der Waals surface area (Å²) >= 11 is 0. The smallest absolute Gasteiger partial charge is 0.130 e. The first kappa shape index (κ1) is 29.5. The minimum Gasteiger partial charge on any atom is -0.487 e. The van der Waals surface area contributed by atoms with E-state index < -0.39 is 0 Å². The van der Waals surface area contributed by atoms with Crippen LogP contribution in [0, 0.1) is 0 Å². The topological polar surface area (TPSA) is 97.2 Å². The molecular weight excluding hydrogens is 448 g/mol. The minimum atomic E-state index is 0.361. The summed E-state index contributed by atoms with van der Waals surface area (Å²) in [6.45, 7) is 18.5. The van der Waals surface area contributed by atoms with Crippen molar-refractivity contribution >= 4 is 24.4 Å². The van der Waals surface area contributed by atoms with E-state index in [0.29, 0.717) is 13.2 Å². The molecule has 0 atom stereocenters. The van der Waals surface area contributed by atoms with Crippen LogP contribution in [0.4, 0.5) is 0 Å². The molecule has 0 unspecified atom stereocenters. The van der Waals surface area contributed by atoms with Crippen LogP contribution in [0.25, 0.3) is 18.2 Å². The van der Waals surface area contributed by atoms with Gasteiger partial charge >= 0.3 is 0 Å². The van der Waals surface area contributed by atoms with Crippen molar-refractivity contribution in [1.82, 2.24) is 10.3 Å². The van der Waals surface area contributed by atoms with E-state index in [9.17, 15) is 0 Å². The SMILES string of the molecule is C=Cc1ccc(COc2cccc(/C=C\NCC(=C)/C=C(\C=C/C)/C=N/N=N\N)c2)nc1C=C.CC. The molecule has 2 rings (SSSR count). The highest BCUT2D eigenvalue weighted by atomic mass is 16.5. The molecule has 1 aromatic carbocycles. The number of pyridine rings is 1. The molecule has 0 bridgehead atoms. The van der Waals surface area contributed by atoms with Gasteiger partial charge in [-0.3, -0.25) is 0 Å². The standard InChI is InChI=1S/C27H30N6O.C2H6/c1-5-9-23(19-30-33-32-28)16-21(4)18-29-15-14-22-10-8-11-26(17-22)34-20-25-13-12-24(6-2)27(7-3)31-25;1-2/h5-17,19,29H,2-4,18,20H2,1H3,(H2,28,33);1-2H3/b9-5-,15-14-,23-16+,30-19+;. The number of ether oxygens (including phenoxy) is 1. The molecule has 7 nitrogen and oxygen atoms in total. The van der Waals surface area contributed by atoms with Crippen molar-refractivity contribution in [3.8, 4) is 5.75 Å². The number of nitrogens with zero attached hydrogens (tertiary/aromatic N) is 4. The van der Waals surface area contributed by atoms with E-state index in [4.69, 9.17) is 10.6 Å². The molecule has 36 heavy (non-hydrogen) atoms. The average molecular weight is 485 g/mol. The molecule has 0 aliphatic heterocycles. The van der Waals surface area contributed by atoms with E-state index >= 15 is 0 Å². The second-order valence-electron chi connectivity index (χ2n) is 7.01. The number of nitrogens with one attached hydrogen (secondary N) is 1. The van der Waals surface area contributed by atoms with E-state index in [-0.39, 0.29) is 0 Å². The molecule has 2 aromatic rings. The Morgan fingerprint density at radius 1 is 1.17 bits per heavy atom. The summed E-state index contributed by atoms with van der Waals surface area (Å²) in [5.74, 6) is 5.71. The fraction of sp³-hybridized carbons (Fsp3) is 0.172. The second-order valence-corrected chi connectivity index (χ2v) is 7.01. The number of benzene rings is 1. The molecular formula is C29H36N6O. The highest BCUT2D eigenvalue weighted by Crippen LogP contribution is 2.17. The van der Waals surface area contributed by atoms with Crippen LogP contribution in [0.1, 0.15) is 43.3 Å². The zero-order chi connectivity index (χ0) is 26.6. The van der Waals surface area contributed by atoms with Gasteiger partial charge in [-0.05, 0) is 77.0 Å². The normalized spacial score (nSPS) is 11.6. The first-order valence-corrected chi connectivity index (χ1v) is 11.6. The van der Waals surface area contributed by atoms with Gasteiger partial charge in [0.05, 0.1) is 17.6 Å². The number of hydrogen-bond donors (Lipinski definition) is 2. The molecule has 1 aromatic heterocycles. The highest BCUT2D eigenvalue weighted by molar-refractivity contribution is 5.82. The molecule has 1 heterocycles. The molecule has 0 saturated heterocycles. The van der Waals surface area contributed by atoms with E-state index in [0.717, 1.165) is 39.4 Å².